The van der Waals surface area contributed by atoms with Crippen molar-refractivity contribution in [3.8, 4) is 11.5 Å². The van der Waals surface area contributed by atoms with Crippen molar-refractivity contribution in [1.82, 2.24) is 5.32 Å². The third-order valence-corrected chi connectivity index (χ3v) is 2.53. The van der Waals surface area contributed by atoms with Gasteiger partial charge in [-0.25, -0.2) is 0 Å². The van der Waals surface area contributed by atoms with Gasteiger partial charge in [0.25, 0.3) is 5.91 Å². The number of carbonyl (C=O) groups excluding carboxylic acids is 1. The maximum atomic E-state index is 12.0. The Bertz CT molecular complexity index is 432. The molecule has 0 fully saturated rings. The highest BCUT2D eigenvalue weighted by molar-refractivity contribution is 5.95. The quantitative estimate of drug-likeness (QED) is 0.743. The molecule has 0 aromatic heterocycles. The van der Waals surface area contributed by atoms with Crippen LogP contribution < -0.4 is 14.8 Å². The fraction of sp³-hybridized carbons (Fsp3) is 0.533. The molecule has 1 N–H and O–H groups in total. The average Bonchev–Trinajstić information content (AvgIpc) is 2.42. The predicted molar refractivity (Wildman–Crippen MR) is 77.6 cm³/mol. The predicted octanol–water partition coefficient (Wildman–Crippen LogP) is 2.25. The van der Waals surface area contributed by atoms with Crippen LogP contribution in [-0.4, -0.2) is 38.9 Å². The summed E-state index contributed by atoms with van der Waals surface area (Å²) in [7, 11) is 1.57. The van der Waals surface area contributed by atoms with Crippen LogP contribution in [0.25, 0.3) is 0 Å². The zero-order chi connectivity index (χ0) is 15.0. The number of methoxy groups -OCH3 is 1. The van der Waals surface area contributed by atoms with Crippen LogP contribution in [0.3, 0.4) is 0 Å². The number of nitrogens with one attached hydrogen (secondary N) is 1. The number of carbonyl (C=O) groups is 1. The molecule has 0 aliphatic heterocycles. The molecule has 0 heterocycles. The minimum absolute atomic E-state index is 0.0897. The maximum absolute atomic E-state index is 12.0. The average molecular weight is 281 g/mol. The molecule has 5 nitrogen and oxygen atoms in total. The van der Waals surface area contributed by atoms with Crippen molar-refractivity contribution in [3.63, 3.8) is 0 Å². The Morgan fingerprint density at radius 2 is 2.00 bits per heavy atom. The zero-order valence-electron chi connectivity index (χ0n) is 12.6. The lowest BCUT2D eigenvalue weighted by Crippen LogP contribution is -2.30. The monoisotopic (exact) mass is 281 g/mol. The van der Waals surface area contributed by atoms with E-state index in [1.54, 1.807) is 25.3 Å². The minimum atomic E-state index is -0.127. The van der Waals surface area contributed by atoms with Crippen LogP contribution in [0, 0.1) is 0 Å². The van der Waals surface area contributed by atoms with Crippen molar-refractivity contribution >= 4 is 5.91 Å². The van der Waals surface area contributed by atoms with Crippen molar-refractivity contribution in [2.45, 2.75) is 26.8 Å². The normalized spacial score (nSPS) is 10.4. The van der Waals surface area contributed by atoms with Crippen molar-refractivity contribution in [2.24, 2.45) is 0 Å². The molecule has 0 aliphatic rings. The molecule has 5 heteroatoms. The number of rotatable bonds is 8. The van der Waals surface area contributed by atoms with Gasteiger partial charge in [-0.2, -0.15) is 0 Å². The molecule has 1 rings (SSSR count). The van der Waals surface area contributed by atoms with Gasteiger partial charge >= 0.3 is 0 Å². The molecule has 1 aromatic carbocycles. The third-order valence-electron chi connectivity index (χ3n) is 2.53. The minimum Gasteiger partial charge on any atom is -0.493 e. The SMILES string of the molecule is CCOCCOc1cc(C(=O)NC(C)C)ccc1OC. The van der Waals surface area contributed by atoms with E-state index in [1.807, 2.05) is 20.8 Å². The van der Waals surface area contributed by atoms with E-state index in [4.69, 9.17) is 14.2 Å². The van der Waals surface area contributed by atoms with Gasteiger partial charge in [-0.05, 0) is 39.0 Å². The van der Waals surface area contributed by atoms with Crippen molar-refractivity contribution in [3.05, 3.63) is 23.8 Å². The lowest BCUT2D eigenvalue weighted by molar-refractivity contribution is 0.0941. The van der Waals surface area contributed by atoms with Gasteiger partial charge < -0.3 is 19.5 Å². The van der Waals surface area contributed by atoms with Crippen LogP contribution in [0.2, 0.25) is 0 Å². The second-order valence-electron chi connectivity index (χ2n) is 4.54. The highest BCUT2D eigenvalue weighted by atomic mass is 16.5. The molecule has 0 saturated heterocycles. The molecular formula is C15H23NO4. The van der Waals surface area contributed by atoms with Crippen LogP contribution in [0.1, 0.15) is 31.1 Å². The summed E-state index contributed by atoms with van der Waals surface area (Å²) in [4.78, 5) is 12.0. The first-order chi connectivity index (χ1) is 9.58. The molecule has 1 aromatic rings. The van der Waals surface area contributed by atoms with Crippen LogP contribution in [0.15, 0.2) is 18.2 Å². The van der Waals surface area contributed by atoms with Crippen LogP contribution in [-0.2, 0) is 4.74 Å². The third kappa shape index (κ3) is 5.09. The van der Waals surface area contributed by atoms with E-state index in [1.165, 1.54) is 0 Å². The molecule has 0 bridgehead atoms. The Labute approximate surface area is 120 Å². The second-order valence-corrected chi connectivity index (χ2v) is 4.54. The molecule has 20 heavy (non-hydrogen) atoms. The summed E-state index contributed by atoms with van der Waals surface area (Å²) in [5, 5.41) is 2.84. The van der Waals surface area contributed by atoms with E-state index in [-0.39, 0.29) is 11.9 Å². The van der Waals surface area contributed by atoms with Gasteiger partial charge in [-0.1, -0.05) is 0 Å². The molecule has 0 aliphatic carbocycles. The molecule has 0 unspecified atom stereocenters. The van der Waals surface area contributed by atoms with Crippen LogP contribution in [0.4, 0.5) is 0 Å². The van der Waals surface area contributed by atoms with Crippen molar-refractivity contribution in [2.75, 3.05) is 26.9 Å². The molecule has 0 saturated carbocycles. The Morgan fingerprint density at radius 3 is 2.60 bits per heavy atom. The molecular weight excluding hydrogens is 258 g/mol. The van der Waals surface area contributed by atoms with Crippen LogP contribution >= 0.6 is 0 Å². The summed E-state index contributed by atoms with van der Waals surface area (Å²) in [5.74, 6) is 1.02. The smallest absolute Gasteiger partial charge is 0.251 e. The first-order valence-corrected chi connectivity index (χ1v) is 6.78. The molecule has 0 atom stereocenters. The Kier molecular flexibility index (Phi) is 6.87. The Hall–Kier alpha value is -1.75. The fourth-order valence-corrected chi connectivity index (χ4v) is 1.63. The van der Waals surface area contributed by atoms with Gasteiger partial charge in [0.05, 0.1) is 13.7 Å². The second kappa shape index (κ2) is 8.43. The number of hydrogen-bond donors (Lipinski definition) is 1. The molecule has 112 valence electrons. The number of benzene rings is 1. The maximum Gasteiger partial charge on any atom is 0.251 e. The lowest BCUT2D eigenvalue weighted by Gasteiger charge is -2.13. The molecule has 1 amide bonds. The summed E-state index contributed by atoms with van der Waals surface area (Å²) >= 11 is 0. The van der Waals surface area contributed by atoms with Gasteiger partial charge in [-0.15, -0.1) is 0 Å². The number of ether oxygens (including phenoxy) is 3. The number of hydrogen-bond acceptors (Lipinski definition) is 4. The van der Waals surface area contributed by atoms with E-state index in [0.717, 1.165) is 0 Å². The highest BCUT2D eigenvalue weighted by Gasteiger charge is 2.12. The van der Waals surface area contributed by atoms with E-state index in [2.05, 4.69) is 5.32 Å². The molecule has 0 spiro atoms. The van der Waals surface area contributed by atoms with E-state index < -0.39 is 0 Å². The Balaban J connectivity index is 2.77. The fourth-order valence-electron chi connectivity index (χ4n) is 1.63. The highest BCUT2D eigenvalue weighted by Crippen LogP contribution is 2.28. The number of amides is 1. The summed E-state index contributed by atoms with van der Waals surface area (Å²) in [5.41, 5.74) is 0.547. The summed E-state index contributed by atoms with van der Waals surface area (Å²) in [6.45, 7) is 7.33. The van der Waals surface area contributed by atoms with Gasteiger partial charge in [0, 0.05) is 18.2 Å². The van der Waals surface area contributed by atoms with E-state index >= 15 is 0 Å². The van der Waals surface area contributed by atoms with E-state index in [9.17, 15) is 4.79 Å². The van der Waals surface area contributed by atoms with Gasteiger partial charge in [0.2, 0.25) is 0 Å². The molecule has 0 radical (unpaired) electrons. The van der Waals surface area contributed by atoms with Gasteiger partial charge in [-0.3, -0.25) is 4.79 Å². The summed E-state index contributed by atoms with van der Waals surface area (Å²) < 4.78 is 16.0. The summed E-state index contributed by atoms with van der Waals surface area (Å²) in [6, 6.07) is 5.21. The van der Waals surface area contributed by atoms with Crippen molar-refractivity contribution in [1.29, 1.82) is 0 Å². The largest absolute Gasteiger partial charge is 0.493 e. The topological polar surface area (TPSA) is 56.8 Å². The Morgan fingerprint density at radius 1 is 1.25 bits per heavy atom. The van der Waals surface area contributed by atoms with Gasteiger partial charge in [0.1, 0.15) is 6.61 Å². The van der Waals surface area contributed by atoms with E-state index in [0.29, 0.717) is 36.9 Å². The first-order valence-electron chi connectivity index (χ1n) is 6.78. The first kappa shape index (κ1) is 16.3. The zero-order valence-corrected chi connectivity index (χ0v) is 12.6. The van der Waals surface area contributed by atoms with Gasteiger partial charge in [0.15, 0.2) is 11.5 Å². The summed E-state index contributed by atoms with van der Waals surface area (Å²) in [6.07, 6.45) is 0. The van der Waals surface area contributed by atoms with Crippen molar-refractivity contribution < 1.29 is 19.0 Å². The lowest BCUT2D eigenvalue weighted by atomic mass is 10.2. The van der Waals surface area contributed by atoms with Crippen LogP contribution in [0.5, 0.6) is 11.5 Å². The standard InChI is InChI=1S/C15H23NO4/c1-5-19-8-9-20-14-10-12(6-7-13(14)18-4)15(17)16-11(2)3/h6-7,10-11H,5,8-9H2,1-4H3,(H,16,17).